The van der Waals surface area contributed by atoms with Gasteiger partial charge in [0.25, 0.3) is 12.2 Å². The second-order valence-corrected chi connectivity index (χ2v) is 2.88. The normalized spacial score (nSPS) is 10.4. The Morgan fingerprint density at radius 2 is 2.24 bits per heavy atom. The van der Waals surface area contributed by atoms with Crippen LogP contribution >= 0.6 is 0 Å². The van der Waals surface area contributed by atoms with Crippen LogP contribution in [0.4, 0.5) is 20.4 Å². The maximum atomic E-state index is 12.6. The molecule has 0 amide bonds. The molecule has 0 aliphatic heterocycles. The molecule has 17 heavy (non-hydrogen) atoms. The molecule has 0 aliphatic rings. The van der Waals surface area contributed by atoms with Crippen molar-refractivity contribution in [1.29, 1.82) is 0 Å². The lowest BCUT2D eigenvalue weighted by Gasteiger charge is -2.06. The number of carbonyl (C=O) groups excluding carboxylic acids is 1. The summed E-state index contributed by atoms with van der Waals surface area (Å²) in [4.78, 5) is 23.8. The molecule has 0 spiro atoms. The Hall–Kier alpha value is -2.32. The SMILES string of the molecule is COC(=O)c1c(C(F)F)cc([N+](=O)[O-])nc1N. The van der Waals surface area contributed by atoms with Crippen LogP contribution in [0, 0.1) is 10.1 Å². The average molecular weight is 247 g/mol. The first-order chi connectivity index (χ1) is 7.88. The molecule has 0 unspecified atom stereocenters. The van der Waals surface area contributed by atoms with Crippen LogP contribution in [0.3, 0.4) is 0 Å². The number of alkyl halides is 2. The van der Waals surface area contributed by atoms with Crippen LogP contribution in [0.15, 0.2) is 6.07 Å². The summed E-state index contributed by atoms with van der Waals surface area (Å²) in [6.45, 7) is 0. The highest BCUT2D eigenvalue weighted by molar-refractivity contribution is 5.96. The van der Waals surface area contributed by atoms with E-state index in [1.165, 1.54) is 0 Å². The molecule has 2 N–H and O–H groups in total. The molecule has 92 valence electrons. The minimum atomic E-state index is -3.10. The van der Waals surface area contributed by atoms with Crippen molar-refractivity contribution in [3.63, 3.8) is 0 Å². The fourth-order valence-corrected chi connectivity index (χ4v) is 1.16. The first kappa shape index (κ1) is 12.7. The Balaban J connectivity index is 3.49. The van der Waals surface area contributed by atoms with Gasteiger partial charge in [-0.3, -0.25) is 0 Å². The van der Waals surface area contributed by atoms with E-state index >= 15 is 0 Å². The highest BCUT2D eigenvalue weighted by Gasteiger charge is 2.28. The molecule has 0 atom stereocenters. The third-order valence-electron chi connectivity index (χ3n) is 1.88. The highest BCUT2D eigenvalue weighted by Crippen LogP contribution is 2.29. The average Bonchev–Trinajstić information content (AvgIpc) is 2.26. The van der Waals surface area contributed by atoms with E-state index in [0.29, 0.717) is 6.07 Å². The van der Waals surface area contributed by atoms with Crippen LogP contribution in [0.2, 0.25) is 0 Å². The fourth-order valence-electron chi connectivity index (χ4n) is 1.16. The van der Waals surface area contributed by atoms with Gasteiger partial charge in [-0.05, 0) is 9.91 Å². The van der Waals surface area contributed by atoms with Gasteiger partial charge in [0.15, 0.2) is 0 Å². The van der Waals surface area contributed by atoms with Gasteiger partial charge in [-0.2, -0.15) is 0 Å². The molecule has 0 aromatic carbocycles. The van der Waals surface area contributed by atoms with Crippen LogP contribution in [0.1, 0.15) is 22.3 Å². The number of nitrogen functional groups attached to an aromatic ring is 1. The summed E-state index contributed by atoms with van der Waals surface area (Å²) in [5, 5.41) is 10.4. The van der Waals surface area contributed by atoms with Crippen LogP contribution in [-0.4, -0.2) is 23.0 Å². The number of halogens is 2. The van der Waals surface area contributed by atoms with E-state index in [0.717, 1.165) is 7.11 Å². The number of pyridine rings is 1. The van der Waals surface area contributed by atoms with Crippen molar-refractivity contribution < 1.29 is 23.2 Å². The van der Waals surface area contributed by atoms with Gasteiger partial charge in [0.1, 0.15) is 5.56 Å². The number of hydrogen-bond donors (Lipinski definition) is 1. The summed E-state index contributed by atoms with van der Waals surface area (Å²) in [7, 11) is 0.971. The monoisotopic (exact) mass is 247 g/mol. The largest absolute Gasteiger partial charge is 0.465 e. The van der Waals surface area contributed by atoms with Crippen LogP contribution in [-0.2, 0) is 4.74 Å². The summed E-state index contributed by atoms with van der Waals surface area (Å²) < 4.78 is 29.5. The second kappa shape index (κ2) is 4.68. The Morgan fingerprint density at radius 1 is 1.65 bits per heavy atom. The van der Waals surface area contributed by atoms with Gasteiger partial charge in [0.2, 0.25) is 0 Å². The number of esters is 1. The van der Waals surface area contributed by atoms with Crippen LogP contribution < -0.4 is 5.73 Å². The molecule has 1 rings (SSSR count). The Labute approximate surface area is 93.3 Å². The smallest absolute Gasteiger partial charge is 0.366 e. The maximum Gasteiger partial charge on any atom is 0.366 e. The summed E-state index contributed by atoms with van der Waals surface area (Å²) in [5.74, 6) is -2.65. The number of rotatable bonds is 3. The van der Waals surface area contributed by atoms with Crippen molar-refractivity contribution >= 4 is 17.6 Å². The number of nitrogens with zero attached hydrogens (tertiary/aromatic N) is 2. The van der Waals surface area contributed by atoms with Gasteiger partial charge in [0.05, 0.1) is 7.11 Å². The lowest BCUT2D eigenvalue weighted by atomic mass is 10.1. The van der Waals surface area contributed by atoms with Crippen molar-refractivity contribution in [2.24, 2.45) is 0 Å². The fraction of sp³-hybridized carbons (Fsp3) is 0.250. The zero-order valence-corrected chi connectivity index (χ0v) is 8.52. The number of ether oxygens (including phenoxy) is 1. The number of methoxy groups -OCH3 is 1. The molecule has 0 saturated carbocycles. The van der Waals surface area contributed by atoms with E-state index in [1.54, 1.807) is 0 Å². The zero-order valence-electron chi connectivity index (χ0n) is 8.52. The molecule has 0 aliphatic carbocycles. The number of nitro groups is 1. The van der Waals surface area contributed by atoms with Gasteiger partial charge in [-0.25, -0.2) is 13.6 Å². The quantitative estimate of drug-likeness (QED) is 0.489. The lowest BCUT2D eigenvalue weighted by Crippen LogP contribution is -2.12. The molecule has 1 heterocycles. The first-order valence-electron chi connectivity index (χ1n) is 4.19. The molecule has 0 fully saturated rings. The Morgan fingerprint density at radius 3 is 2.65 bits per heavy atom. The van der Waals surface area contributed by atoms with Gasteiger partial charge >= 0.3 is 11.8 Å². The number of aromatic nitrogens is 1. The molecule has 0 bridgehead atoms. The van der Waals surface area contributed by atoms with Crippen LogP contribution in [0.5, 0.6) is 0 Å². The number of nitrogens with two attached hydrogens (primary N) is 1. The summed E-state index contributed by atoms with van der Waals surface area (Å²) >= 11 is 0. The maximum absolute atomic E-state index is 12.6. The predicted octanol–water partition coefficient (Wildman–Crippen LogP) is 1.30. The van der Waals surface area contributed by atoms with Crippen molar-refractivity contribution in [2.45, 2.75) is 6.43 Å². The Bertz CT molecular complexity index is 478. The molecular weight excluding hydrogens is 240 g/mol. The van der Waals surface area contributed by atoms with E-state index in [9.17, 15) is 23.7 Å². The minimum absolute atomic E-state index is 0.493. The third-order valence-corrected chi connectivity index (χ3v) is 1.88. The summed E-state index contributed by atoms with van der Waals surface area (Å²) in [6.07, 6.45) is -3.10. The number of carbonyl (C=O) groups is 1. The van der Waals surface area contributed by atoms with Gasteiger partial charge < -0.3 is 20.6 Å². The first-order valence-corrected chi connectivity index (χ1v) is 4.19. The molecule has 0 saturated heterocycles. The lowest BCUT2D eigenvalue weighted by molar-refractivity contribution is -0.389. The van der Waals surface area contributed by atoms with Gasteiger partial charge in [-0.1, -0.05) is 0 Å². The Kier molecular flexibility index (Phi) is 3.51. The second-order valence-electron chi connectivity index (χ2n) is 2.88. The van der Waals surface area contributed by atoms with Crippen molar-refractivity contribution in [2.75, 3.05) is 12.8 Å². The van der Waals surface area contributed by atoms with Gasteiger partial charge in [-0.15, -0.1) is 0 Å². The molecule has 1 aromatic rings. The number of anilines is 1. The summed E-state index contributed by atoms with van der Waals surface area (Å²) in [5.41, 5.74) is 3.69. The van der Waals surface area contributed by atoms with Gasteiger partial charge in [0, 0.05) is 11.6 Å². The minimum Gasteiger partial charge on any atom is -0.465 e. The van der Waals surface area contributed by atoms with E-state index in [-0.39, 0.29) is 0 Å². The summed E-state index contributed by atoms with van der Waals surface area (Å²) in [6, 6.07) is 0.493. The van der Waals surface area contributed by atoms with Crippen molar-refractivity contribution in [1.82, 2.24) is 4.98 Å². The molecular formula is C8H7F2N3O4. The molecule has 1 aromatic heterocycles. The van der Waals surface area contributed by atoms with E-state index in [2.05, 4.69) is 9.72 Å². The van der Waals surface area contributed by atoms with E-state index in [4.69, 9.17) is 5.73 Å². The van der Waals surface area contributed by atoms with Crippen molar-refractivity contribution in [3.05, 3.63) is 27.3 Å². The van der Waals surface area contributed by atoms with E-state index in [1.807, 2.05) is 0 Å². The van der Waals surface area contributed by atoms with E-state index < -0.39 is 40.1 Å². The van der Waals surface area contributed by atoms with Crippen molar-refractivity contribution in [3.8, 4) is 0 Å². The topological polar surface area (TPSA) is 108 Å². The zero-order chi connectivity index (χ0) is 13.2. The molecule has 0 radical (unpaired) electrons. The third kappa shape index (κ3) is 2.44. The molecule has 9 heteroatoms. The number of hydrogen-bond acceptors (Lipinski definition) is 6. The van der Waals surface area contributed by atoms with Crippen LogP contribution in [0.25, 0.3) is 0 Å². The highest BCUT2D eigenvalue weighted by atomic mass is 19.3. The standard InChI is InChI=1S/C8H7F2N3O4/c1-17-8(14)5-3(6(9)10)2-4(13(15)16)12-7(5)11/h2,6H,1H3,(H2,11,12). The molecule has 7 nitrogen and oxygen atoms in total. The predicted molar refractivity (Wildman–Crippen MR) is 51.6 cm³/mol.